The molecule has 3 aromatic rings. The lowest BCUT2D eigenvalue weighted by Gasteiger charge is -2.26. The van der Waals surface area contributed by atoms with Crippen LogP contribution in [-0.4, -0.2) is 37.1 Å². The Hall–Kier alpha value is -4.40. The SMILES string of the molecule is CCOc1ccc(/C(O)=C2\C(=O)C(=O)N(c3ccc(F)c(F)c3)C2c2ccc(OC)c(OCC)c2)cc1C. The van der Waals surface area contributed by atoms with Crippen LogP contribution in [0.1, 0.15) is 36.6 Å². The lowest BCUT2D eigenvalue weighted by atomic mass is 9.94. The molecule has 1 aliphatic heterocycles. The monoisotopic (exact) mass is 523 g/mol. The van der Waals surface area contributed by atoms with Crippen molar-refractivity contribution in [3.63, 3.8) is 0 Å². The minimum Gasteiger partial charge on any atom is -0.507 e. The Morgan fingerprint density at radius 3 is 2.21 bits per heavy atom. The second-order valence-electron chi connectivity index (χ2n) is 8.52. The summed E-state index contributed by atoms with van der Waals surface area (Å²) in [5.41, 5.74) is 1.13. The number of carbonyl (C=O) groups is 2. The van der Waals surface area contributed by atoms with E-state index in [1.54, 1.807) is 50.2 Å². The molecule has 0 spiro atoms. The summed E-state index contributed by atoms with van der Waals surface area (Å²) >= 11 is 0. The minimum atomic E-state index is -1.19. The van der Waals surface area contributed by atoms with Crippen molar-refractivity contribution in [2.75, 3.05) is 25.2 Å². The lowest BCUT2D eigenvalue weighted by molar-refractivity contribution is -0.132. The molecule has 1 heterocycles. The van der Waals surface area contributed by atoms with Gasteiger partial charge in [0.25, 0.3) is 11.7 Å². The van der Waals surface area contributed by atoms with Gasteiger partial charge < -0.3 is 19.3 Å². The van der Waals surface area contributed by atoms with E-state index < -0.39 is 35.1 Å². The van der Waals surface area contributed by atoms with Gasteiger partial charge in [-0.1, -0.05) is 6.07 Å². The van der Waals surface area contributed by atoms with Crippen LogP contribution in [0.2, 0.25) is 0 Å². The Morgan fingerprint density at radius 2 is 1.58 bits per heavy atom. The third kappa shape index (κ3) is 4.79. The number of anilines is 1. The van der Waals surface area contributed by atoms with E-state index in [2.05, 4.69) is 0 Å². The summed E-state index contributed by atoms with van der Waals surface area (Å²) in [4.78, 5) is 27.7. The van der Waals surface area contributed by atoms with Gasteiger partial charge in [0.15, 0.2) is 23.1 Å². The molecule has 1 N–H and O–H groups in total. The Kier molecular flexibility index (Phi) is 7.66. The number of rotatable bonds is 8. The number of halogens is 2. The van der Waals surface area contributed by atoms with Gasteiger partial charge in [-0.05, 0) is 74.4 Å². The molecule has 3 aromatic carbocycles. The first-order valence-corrected chi connectivity index (χ1v) is 12.0. The maximum atomic E-state index is 14.2. The molecule has 0 aromatic heterocycles. The van der Waals surface area contributed by atoms with Crippen molar-refractivity contribution in [1.29, 1.82) is 0 Å². The molecule has 4 rings (SSSR count). The van der Waals surface area contributed by atoms with Gasteiger partial charge in [0.05, 0.1) is 31.9 Å². The Bertz CT molecular complexity index is 1430. The maximum absolute atomic E-state index is 14.2. The zero-order chi connectivity index (χ0) is 27.6. The zero-order valence-electron chi connectivity index (χ0n) is 21.4. The number of methoxy groups -OCH3 is 1. The van der Waals surface area contributed by atoms with Gasteiger partial charge >= 0.3 is 0 Å². The van der Waals surface area contributed by atoms with Crippen LogP contribution in [0, 0.1) is 18.6 Å². The highest BCUT2D eigenvalue weighted by atomic mass is 19.2. The van der Waals surface area contributed by atoms with Crippen LogP contribution in [0.5, 0.6) is 17.2 Å². The van der Waals surface area contributed by atoms with E-state index in [1.165, 1.54) is 13.2 Å². The molecule has 1 aliphatic rings. The van der Waals surface area contributed by atoms with Crippen molar-refractivity contribution in [3.05, 3.63) is 88.5 Å². The number of aryl methyl sites for hydroxylation is 1. The van der Waals surface area contributed by atoms with Crippen molar-refractivity contribution >= 4 is 23.1 Å². The number of ketones is 1. The molecule has 1 atom stereocenters. The van der Waals surface area contributed by atoms with Gasteiger partial charge in [-0.25, -0.2) is 8.78 Å². The molecule has 1 fully saturated rings. The highest BCUT2D eigenvalue weighted by molar-refractivity contribution is 6.51. The van der Waals surface area contributed by atoms with E-state index in [1.807, 2.05) is 6.92 Å². The summed E-state index contributed by atoms with van der Waals surface area (Å²) in [6.07, 6.45) is 0. The van der Waals surface area contributed by atoms with Crippen LogP contribution >= 0.6 is 0 Å². The molecule has 198 valence electrons. The van der Waals surface area contributed by atoms with Crippen LogP contribution < -0.4 is 19.1 Å². The molecular weight excluding hydrogens is 496 g/mol. The number of carbonyl (C=O) groups excluding carboxylic acids is 2. The number of Topliss-reactive ketones (excluding diaryl/α,β-unsaturated/α-hetero) is 1. The van der Waals surface area contributed by atoms with Crippen molar-refractivity contribution < 1.29 is 37.7 Å². The van der Waals surface area contributed by atoms with Crippen molar-refractivity contribution in [3.8, 4) is 17.2 Å². The van der Waals surface area contributed by atoms with E-state index in [-0.39, 0.29) is 16.8 Å². The van der Waals surface area contributed by atoms with Gasteiger partial charge in [-0.2, -0.15) is 0 Å². The second-order valence-corrected chi connectivity index (χ2v) is 8.52. The fourth-order valence-electron chi connectivity index (χ4n) is 4.45. The van der Waals surface area contributed by atoms with Gasteiger partial charge in [0.2, 0.25) is 0 Å². The number of amides is 1. The summed E-state index contributed by atoms with van der Waals surface area (Å²) < 4.78 is 44.5. The highest BCUT2D eigenvalue weighted by Gasteiger charge is 2.47. The minimum absolute atomic E-state index is 0.0493. The lowest BCUT2D eigenvalue weighted by Crippen LogP contribution is -2.29. The molecule has 38 heavy (non-hydrogen) atoms. The molecule has 0 radical (unpaired) electrons. The Morgan fingerprint density at radius 1 is 0.895 bits per heavy atom. The standard InChI is InChI=1S/C29H27F2NO6/c1-5-37-22-11-8-18(13-16(22)3)27(33)25-26(17-7-12-23(36-4)24(14-17)38-6-2)32(29(35)28(25)34)19-9-10-20(30)21(31)15-19/h7-15,26,33H,5-6H2,1-4H3/b27-25+. The summed E-state index contributed by atoms with van der Waals surface area (Å²) in [6, 6.07) is 11.4. The molecule has 1 amide bonds. The van der Waals surface area contributed by atoms with Crippen LogP contribution in [0.4, 0.5) is 14.5 Å². The van der Waals surface area contributed by atoms with Crippen molar-refractivity contribution in [1.82, 2.24) is 0 Å². The normalized spacial score (nSPS) is 16.6. The van der Waals surface area contributed by atoms with E-state index in [0.717, 1.165) is 17.0 Å². The number of aliphatic hydroxyl groups excluding tert-OH is 1. The van der Waals surface area contributed by atoms with E-state index >= 15 is 0 Å². The third-order valence-corrected chi connectivity index (χ3v) is 6.18. The molecule has 0 saturated carbocycles. The van der Waals surface area contributed by atoms with Crippen molar-refractivity contribution in [2.45, 2.75) is 26.8 Å². The fourth-order valence-corrected chi connectivity index (χ4v) is 4.45. The number of hydrogen-bond donors (Lipinski definition) is 1. The van der Waals surface area contributed by atoms with Gasteiger partial charge in [-0.3, -0.25) is 14.5 Å². The van der Waals surface area contributed by atoms with E-state index in [0.29, 0.717) is 41.6 Å². The van der Waals surface area contributed by atoms with Gasteiger partial charge in [0.1, 0.15) is 11.5 Å². The number of hydrogen-bond acceptors (Lipinski definition) is 6. The van der Waals surface area contributed by atoms with Crippen molar-refractivity contribution in [2.24, 2.45) is 0 Å². The second kappa shape index (κ2) is 10.9. The average molecular weight is 524 g/mol. The summed E-state index contributed by atoms with van der Waals surface area (Å²) in [5, 5.41) is 11.4. The highest BCUT2D eigenvalue weighted by Crippen LogP contribution is 2.44. The predicted octanol–water partition coefficient (Wildman–Crippen LogP) is 5.71. The number of ether oxygens (including phenoxy) is 3. The Labute approximate surface area is 218 Å². The smallest absolute Gasteiger partial charge is 0.300 e. The van der Waals surface area contributed by atoms with Gasteiger partial charge in [-0.15, -0.1) is 0 Å². The average Bonchev–Trinajstić information content (AvgIpc) is 3.17. The predicted molar refractivity (Wildman–Crippen MR) is 138 cm³/mol. The molecule has 9 heteroatoms. The van der Waals surface area contributed by atoms with Crippen LogP contribution in [-0.2, 0) is 9.59 Å². The zero-order valence-corrected chi connectivity index (χ0v) is 21.4. The number of aliphatic hydroxyl groups is 1. The van der Waals surface area contributed by atoms with E-state index in [4.69, 9.17) is 14.2 Å². The molecule has 0 bridgehead atoms. The van der Waals surface area contributed by atoms with Crippen LogP contribution in [0.3, 0.4) is 0 Å². The first-order chi connectivity index (χ1) is 18.2. The van der Waals surface area contributed by atoms with Crippen LogP contribution in [0.25, 0.3) is 5.76 Å². The van der Waals surface area contributed by atoms with E-state index in [9.17, 15) is 23.5 Å². The summed E-state index contributed by atoms with van der Waals surface area (Å²) in [5.74, 6) is -3.30. The first-order valence-electron chi connectivity index (χ1n) is 12.0. The number of nitrogens with zero attached hydrogens (tertiary/aromatic N) is 1. The fraction of sp³-hybridized carbons (Fsp3) is 0.241. The molecule has 0 aliphatic carbocycles. The first kappa shape index (κ1) is 26.7. The van der Waals surface area contributed by atoms with Gasteiger partial charge in [0, 0.05) is 17.3 Å². The molecular formula is C29H27F2NO6. The summed E-state index contributed by atoms with van der Waals surface area (Å²) in [6.45, 7) is 6.18. The molecule has 1 saturated heterocycles. The topological polar surface area (TPSA) is 85.3 Å². The molecule has 1 unspecified atom stereocenters. The quantitative estimate of drug-likeness (QED) is 0.231. The maximum Gasteiger partial charge on any atom is 0.300 e. The largest absolute Gasteiger partial charge is 0.507 e. The Balaban J connectivity index is 1.95. The molecule has 7 nitrogen and oxygen atoms in total. The summed E-state index contributed by atoms with van der Waals surface area (Å²) in [7, 11) is 1.47. The number of benzene rings is 3. The third-order valence-electron chi connectivity index (χ3n) is 6.18. The van der Waals surface area contributed by atoms with Crippen LogP contribution in [0.15, 0.2) is 60.2 Å².